The standard InChI is InChI=1S/C19H24N2/c1-21(2)19-14-12-18(13-15-19)20-16-8-4-7-11-17-9-5-3-6-10-17/h3,5-7,9-15,20H,4,8,16H2,1-2H3. The van der Waals surface area contributed by atoms with Crippen LogP contribution in [0.25, 0.3) is 6.08 Å². The molecule has 0 unspecified atom stereocenters. The third-order valence-electron chi connectivity index (χ3n) is 3.37. The summed E-state index contributed by atoms with van der Waals surface area (Å²) in [4.78, 5) is 2.11. The van der Waals surface area contributed by atoms with E-state index in [9.17, 15) is 0 Å². The number of rotatable bonds is 7. The highest BCUT2D eigenvalue weighted by Gasteiger charge is 1.95. The van der Waals surface area contributed by atoms with Gasteiger partial charge >= 0.3 is 0 Å². The molecule has 0 aliphatic heterocycles. The first-order valence-corrected chi connectivity index (χ1v) is 7.48. The lowest BCUT2D eigenvalue weighted by Crippen LogP contribution is -2.08. The Labute approximate surface area is 128 Å². The second-order valence-corrected chi connectivity index (χ2v) is 5.32. The summed E-state index contributed by atoms with van der Waals surface area (Å²) in [5, 5.41) is 3.46. The predicted octanol–water partition coefficient (Wildman–Crippen LogP) is 4.66. The van der Waals surface area contributed by atoms with Crippen molar-refractivity contribution in [2.24, 2.45) is 0 Å². The summed E-state index contributed by atoms with van der Waals surface area (Å²) >= 11 is 0. The van der Waals surface area contributed by atoms with Crippen molar-refractivity contribution in [3.8, 4) is 0 Å². The molecule has 0 bridgehead atoms. The van der Waals surface area contributed by atoms with E-state index in [1.165, 1.54) is 16.9 Å². The molecular weight excluding hydrogens is 256 g/mol. The van der Waals surface area contributed by atoms with Gasteiger partial charge in [-0.1, -0.05) is 42.5 Å². The van der Waals surface area contributed by atoms with Gasteiger partial charge in [0, 0.05) is 32.0 Å². The minimum absolute atomic E-state index is 1.00. The van der Waals surface area contributed by atoms with Crippen LogP contribution in [0, 0.1) is 0 Å². The lowest BCUT2D eigenvalue weighted by atomic mass is 10.2. The number of hydrogen-bond acceptors (Lipinski definition) is 2. The van der Waals surface area contributed by atoms with Gasteiger partial charge in [-0.25, -0.2) is 0 Å². The molecule has 0 atom stereocenters. The molecule has 2 aromatic carbocycles. The summed E-state index contributed by atoms with van der Waals surface area (Å²) in [6, 6.07) is 19.0. The van der Waals surface area contributed by atoms with Gasteiger partial charge in [-0.15, -0.1) is 0 Å². The Kier molecular flexibility index (Phi) is 5.89. The van der Waals surface area contributed by atoms with Crippen LogP contribution >= 0.6 is 0 Å². The smallest absolute Gasteiger partial charge is 0.0362 e. The quantitative estimate of drug-likeness (QED) is 0.742. The second-order valence-electron chi connectivity index (χ2n) is 5.32. The van der Waals surface area contributed by atoms with Crippen molar-refractivity contribution in [1.29, 1.82) is 0 Å². The van der Waals surface area contributed by atoms with Crippen LogP contribution in [0.1, 0.15) is 18.4 Å². The normalized spacial score (nSPS) is 10.8. The number of benzene rings is 2. The van der Waals surface area contributed by atoms with Crippen molar-refractivity contribution in [2.75, 3.05) is 30.9 Å². The molecule has 1 N–H and O–H groups in total. The van der Waals surface area contributed by atoms with Gasteiger partial charge in [-0.2, -0.15) is 0 Å². The molecule has 0 saturated carbocycles. The van der Waals surface area contributed by atoms with Gasteiger partial charge in [0.05, 0.1) is 0 Å². The molecule has 0 aliphatic carbocycles. The lowest BCUT2D eigenvalue weighted by Gasteiger charge is -2.13. The fourth-order valence-electron chi connectivity index (χ4n) is 2.11. The zero-order valence-corrected chi connectivity index (χ0v) is 12.9. The molecule has 21 heavy (non-hydrogen) atoms. The van der Waals surface area contributed by atoms with E-state index in [4.69, 9.17) is 0 Å². The van der Waals surface area contributed by atoms with Crippen molar-refractivity contribution >= 4 is 17.5 Å². The molecule has 0 spiro atoms. The number of anilines is 2. The van der Waals surface area contributed by atoms with E-state index in [0.29, 0.717) is 0 Å². The van der Waals surface area contributed by atoms with Crippen LogP contribution in [-0.2, 0) is 0 Å². The highest BCUT2D eigenvalue weighted by Crippen LogP contribution is 2.15. The molecule has 0 radical (unpaired) electrons. The summed E-state index contributed by atoms with van der Waals surface area (Å²) in [5.41, 5.74) is 3.68. The van der Waals surface area contributed by atoms with E-state index in [2.05, 4.69) is 85.0 Å². The van der Waals surface area contributed by atoms with E-state index in [0.717, 1.165) is 19.4 Å². The van der Waals surface area contributed by atoms with Crippen LogP contribution < -0.4 is 10.2 Å². The Hall–Kier alpha value is -2.22. The van der Waals surface area contributed by atoms with Crippen molar-refractivity contribution in [2.45, 2.75) is 12.8 Å². The molecular formula is C19H24N2. The fourth-order valence-corrected chi connectivity index (χ4v) is 2.11. The maximum atomic E-state index is 3.46. The maximum absolute atomic E-state index is 3.46. The topological polar surface area (TPSA) is 15.3 Å². The highest BCUT2D eigenvalue weighted by atomic mass is 15.1. The summed E-state index contributed by atoms with van der Waals surface area (Å²) in [6.45, 7) is 1.00. The first-order valence-electron chi connectivity index (χ1n) is 7.48. The van der Waals surface area contributed by atoms with Crippen LogP contribution in [0.2, 0.25) is 0 Å². The molecule has 2 rings (SSSR count). The zero-order valence-electron chi connectivity index (χ0n) is 12.9. The number of nitrogens with zero attached hydrogens (tertiary/aromatic N) is 1. The van der Waals surface area contributed by atoms with Gasteiger partial charge in [-0.05, 0) is 42.7 Å². The van der Waals surface area contributed by atoms with Crippen molar-refractivity contribution in [3.05, 3.63) is 66.2 Å². The van der Waals surface area contributed by atoms with Gasteiger partial charge < -0.3 is 10.2 Å². The number of allylic oxidation sites excluding steroid dienone is 1. The first kappa shape index (κ1) is 15.2. The van der Waals surface area contributed by atoms with Gasteiger partial charge in [0.2, 0.25) is 0 Å². The Morgan fingerprint density at radius 1 is 0.952 bits per heavy atom. The predicted molar refractivity (Wildman–Crippen MR) is 94.0 cm³/mol. The summed E-state index contributed by atoms with van der Waals surface area (Å²) in [6.07, 6.45) is 6.66. The molecule has 0 amide bonds. The Morgan fingerprint density at radius 3 is 2.33 bits per heavy atom. The molecule has 2 aromatic rings. The third-order valence-corrected chi connectivity index (χ3v) is 3.37. The maximum Gasteiger partial charge on any atom is 0.0362 e. The van der Waals surface area contributed by atoms with Crippen molar-refractivity contribution in [1.82, 2.24) is 0 Å². The lowest BCUT2D eigenvalue weighted by molar-refractivity contribution is 0.892. The Bertz CT molecular complexity index is 542. The third kappa shape index (κ3) is 5.35. The molecule has 2 heteroatoms. The van der Waals surface area contributed by atoms with Crippen LogP contribution in [0.3, 0.4) is 0 Å². The molecule has 110 valence electrons. The van der Waals surface area contributed by atoms with E-state index in [1.807, 2.05) is 6.07 Å². The van der Waals surface area contributed by atoms with E-state index >= 15 is 0 Å². The molecule has 0 heterocycles. The molecule has 0 fully saturated rings. The minimum atomic E-state index is 1.00. The average Bonchev–Trinajstić information content (AvgIpc) is 2.52. The summed E-state index contributed by atoms with van der Waals surface area (Å²) in [5.74, 6) is 0. The SMILES string of the molecule is CN(C)c1ccc(NCCCC=Cc2ccccc2)cc1. The van der Waals surface area contributed by atoms with E-state index < -0.39 is 0 Å². The monoisotopic (exact) mass is 280 g/mol. The number of hydrogen-bond donors (Lipinski definition) is 1. The van der Waals surface area contributed by atoms with Gasteiger partial charge in [-0.3, -0.25) is 0 Å². The second kappa shape index (κ2) is 8.15. The van der Waals surface area contributed by atoms with E-state index in [1.54, 1.807) is 0 Å². The van der Waals surface area contributed by atoms with E-state index in [-0.39, 0.29) is 0 Å². The first-order chi connectivity index (χ1) is 10.3. The van der Waals surface area contributed by atoms with Crippen molar-refractivity contribution in [3.63, 3.8) is 0 Å². The Balaban J connectivity index is 1.67. The average molecular weight is 280 g/mol. The number of nitrogens with one attached hydrogen (secondary N) is 1. The van der Waals surface area contributed by atoms with Crippen molar-refractivity contribution < 1.29 is 0 Å². The fraction of sp³-hybridized carbons (Fsp3) is 0.263. The summed E-state index contributed by atoms with van der Waals surface area (Å²) < 4.78 is 0. The molecule has 0 aliphatic rings. The molecule has 2 nitrogen and oxygen atoms in total. The van der Waals surface area contributed by atoms with Gasteiger partial charge in [0.25, 0.3) is 0 Å². The van der Waals surface area contributed by atoms with Crippen LogP contribution in [0.5, 0.6) is 0 Å². The highest BCUT2D eigenvalue weighted by molar-refractivity contribution is 5.54. The molecule has 0 saturated heterocycles. The largest absolute Gasteiger partial charge is 0.385 e. The minimum Gasteiger partial charge on any atom is -0.385 e. The Morgan fingerprint density at radius 2 is 1.67 bits per heavy atom. The van der Waals surface area contributed by atoms with Gasteiger partial charge in [0.1, 0.15) is 0 Å². The van der Waals surface area contributed by atoms with Crippen LogP contribution in [0.4, 0.5) is 11.4 Å². The van der Waals surface area contributed by atoms with Gasteiger partial charge in [0.15, 0.2) is 0 Å². The van der Waals surface area contributed by atoms with Crippen LogP contribution in [0.15, 0.2) is 60.7 Å². The zero-order chi connectivity index (χ0) is 14.9. The van der Waals surface area contributed by atoms with Crippen LogP contribution in [-0.4, -0.2) is 20.6 Å². The molecule has 0 aromatic heterocycles. The summed E-state index contributed by atoms with van der Waals surface area (Å²) in [7, 11) is 4.11. The number of unbranched alkanes of at least 4 members (excludes halogenated alkanes) is 1.